The first-order chi connectivity index (χ1) is 7.30. The number of hydrogen-bond acceptors (Lipinski definition) is 3. The molecule has 1 aliphatic heterocycles. The Kier molecular flexibility index (Phi) is 3.65. The second-order valence-electron chi connectivity index (χ2n) is 5.04. The van der Waals surface area contributed by atoms with E-state index in [2.05, 4.69) is 11.8 Å². The number of morpholine rings is 1. The van der Waals surface area contributed by atoms with Crippen LogP contribution >= 0.6 is 0 Å². The average molecular weight is 212 g/mol. The van der Waals surface area contributed by atoms with E-state index >= 15 is 0 Å². The number of ether oxygens (including phenoxy) is 1. The summed E-state index contributed by atoms with van der Waals surface area (Å²) in [6.07, 6.45) is 5.28. The molecule has 0 amide bonds. The average Bonchev–Trinajstić information content (AvgIpc) is 2.75. The molecule has 0 aromatic rings. The van der Waals surface area contributed by atoms with E-state index in [4.69, 9.17) is 10.5 Å². The van der Waals surface area contributed by atoms with E-state index < -0.39 is 0 Å². The van der Waals surface area contributed by atoms with Crippen molar-refractivity contribution in [2.45, 2.75) is 38.1 Å². The maximum absolute atomic E-state index is 6.03. The summed E-state index contributed by atoms with van der Waals surface area (Å²) < 4.78 is 5.42. The van der Waals surface area contributed by atoms with Gasteiger partial charge in [0, 0.05) is 25.2 Å². The first kappa shape index (κ1) is 11.4. The molecule has 2 unspecified atom stereocenters. The lowest BCUT2D eigenvalue weighted by atomic mass is 9.92. The second-order valence-corrected chi connectivity index (χ2v) is 5.04. The van der Waals surface area contributed by atoms with Crippen LogP contribution < -0.4 is 5.73 Å². The molecular weight excluding hydrogens is 188 g/mol. The lowest BCUT2D eigenvalue weighted by Crippen LogP contribution is -2.56. The molecule has 0 aromatic carbocycles. The lowest BCUT2D eigenvalue weighted by Gasteiger charge is -2.43. The Morgan fingerprint density at radius 3 is 2.67 bits per heavy atom. The molecule has 1 heterocycles. The molecule has 1 saturated carbocycles. The highest BCUT2D eigenvalue weighted by Gasteiger charge is 2.42. The van der Waals surface area contributed by atoms with Gasteiger partial charge in [0.2, 0.25) is 0 Å². The lowest BCUT2D eigenvalue weighted by molar-refractivity contribution is -0.0189. The van der Waals surface area contributed by atoms with Crippen LogP contribution in [-0.4, -0.2) is 43.3 Å². The van der Waals surface area contributed by atoms with E-state index in [-0.39, 0.29) is 0 Å². The standard InChI is InChI=1S/C12H24N2O/c1-2-11-3-4-12(9-11,10-13)14-5-7-15-8-6-14/h11H,2-10,13H2,1H3. The van der Waals surface area contributed by atoms with E-state index in [1.165, 1.54) is 25.7 Å². The Hall–Kier alpha value is -0.120. The third-order valence-electron chi connectivity index (χ3n) is 4.33. The fraction of sp³-hybridized carbons (Fsp3) is 1.00. The van der Waals surface area contributed by atoms with Crippen LogP contribution in [0.15, 0.2) is 0 Å². The van der Waals surface area contributed by atoms with Crippen molar-refractivity contribution in [2.75, 3.05) is 32.8 Å². The van der Waals surface area contributed by atoms with Crippen molar-refractivity contribution in [3.63, 3.8) is 0 Å². The molecule has 0 radical (unpaired) electrons. The van der Waals surface area contributed by atoms with Crippen molar-refractivity contribution in [3.8, 4) is 0 Å². The third-order valence-corrected chi connectivity index (χ3v) is 4.33. The van der Waals surface area contributed by atoms with E-state index in [9.17, 15) is 0 Å². The first-order valence-corrected chi connectivity index (χ1v) is 6.33. The van der Waals surface area contributed by atoms with Crippen LogP contribution in [0.3, 0.4) is 0 Å². The number of rotatable bonds is 3. The maximum Gasteiger partial charge on any atom is 0.0594 e. The molecule has 0 spiro atoms. The maximum atomic E-state index is 6.03. The summed E-state index contributed by atoms with van der Waals surface area (Å²) >= 11 is 0. The smallest absolute Gasteiger partial charge is 0.0594 e. The molecule has 1 saturated heterocycles. The van der Waals surface area contributed by atoms with Crippen molar-refractivity contribution in [1.82, 2.24) is 4.90 Å². The fourth-order valence-electron chi connectivity index (χ4n) is 3.20. The Morgan fingerprint density at radius 2 is 2.13 bits per heavy atom. The van der Waals surface area contributed by atoms with Crippen LogP contribution in [0.5, 0.6) is 0 Å². The van der Waals surface area contributed by atoms with E-state index in [1.54, 1.807) is 0 Å². The molecule has 3 nitrogen and oxygen atoms in total. The molecule has 0 bridgehead atoms. The molecule has 2 aliphatic rings. The summed E-state index contributed by atoms with van der Waals surface area (Å²) in [5.74, 6) is 0.899. The molecule has 88 valence electrons. The number of hydrogen-bond donors (Lipinski definition) is 1. The number of nitrogens with two attached hydrogens (primary N) is 1. The normalized spacial score (nSPS) is 38.4. The zero-order chi connectivity index (χ0) is 10.7. The van der Waals surface area contributed by atoms with Gasteiger partial charge in [0.25, 0.3) is 0 Å². The minimum Gasteiger partial charge on any atom is -0.379 e. The summed E-state index contributed by atoms with van der Waals surface area (Å²) in [6, 6.07) is 0. The van der Waals surface area contributed by atoms with E-state index in [0.717, 1.165) is 38.8 Å². The Morgan fingerprint density at radius 1 is 1.40 bits per heavy atom. The highest BCUT2D eigenvalue weighted by Crippen LogP contribution is 2.40. The third kappa shape index (κ3) is 2.19. The van der Waals surface area contributed by atoms with Gasteiger partial charge in [0.05, 0.1) is 13.2 Å². The van der Waals surface area contributed by atoms with Crippen LogP contribution in [0.25, 0.3) is 0 Å². The number of nitrogens with zero attached hydrogens (tertiary/aromatic N) is 1. The van der Waals surface area contributed by atoms with Crippen LogP contribution in [-0.2, 0) is 4.74 Å². The van der Waals surface area contributed by atoms with Crippen LogP contribution in [0.1, 0.15) is 32.6 Å². The first-order valence-electron chi connectivity index (χ1n) is 6.33. The van der Waals surface area contributed by atoms with Gasteiger partial charge in [0.15, 0.2) is 0 Å². The minimum atomic E-state index is 0.310. The molecular formula is C12H24N2O. The molecule has 2 N–H and O–H groups in total. The second kappa shape index (κ2) is 4.81. The SMILES string of the molecule is CCC1CCC(CN)(N2CCOCC2)C1. The summed E-state index contributed by atoms with van der Waals surface area (Å²) in [5, 5.41) is 0. The van der Waals surface area contributed by atoms with Crippen LogP contribution in [0.4, 0.5) is 0 Å². The molecule has 2 atom stereocenters. The zero-order valence-corrected chi connectivity index (χ0v) is 9.87. The zero-order valence-electron chi connectivity index (χ0n) is 9.87. The summed E-state index contributed by atoms with van der Waals surface area (Å²) in [5.41, 5.74) is 6.34. The van der Waals surface area contributed by atoms with Crippen molar-refractivity contribution >= 4 is 0 Å². The van der Waals surface area contributed by atoms with Gasteiger partial charge in [0.1, 0.15) is 0 Å². The topological polar surface area (TPSA) is 38.5 Å². The summed E-state index contributed by atoms with van der Waals surface area (Å²) in [6.45, 7) is 7.05. The molecule has 3 heteroatoms. The molecule has 0 aromatic heterocycles. The summed E-state index contributed by atoms with van der Waals surface area (Å²) in [7, 11) is 0. The van der Waals surface area contributed by atoms with Gasteiger partial charge in [-0.3, -0.25) is 4.90 Å². The Balaban J connectivity index is 2.01. The van der Waals surface area contributed by atoms with Crippen molar-refractivity contribution < 1.29 is 4.74 Å². The highest BCUT2D eigenvalue weighted by molar-refractivity contribution is 4.99. The molecule has 2 rings (SSSR count). The van der Waals surface area contributed by atoms with Gasteiger partial charge in [-0.1, -0.05) is 13.3 Å². The van der Waals surface area contributed by atoms with Gasteiger partial charge >= 0.3 is 0 Å². The Labute approximate surface area is 93.0 Å². The Bertz CT molecular complexity index is 204. The summed E-state index contributed by atoms with van der Waals surface area (Å²) in [4.78, 5) is 2.59. The van der Waals surface area contributed by atoms with Crippen molar-refractivity contribution in [1.29, 1.82) is 0 Å². The van der Waals surface area contributed by atoms with Gasteiger partial charge < -0.3 is 10.5 Å². The van der Waals surface area contributed by atoms with Gasteiger partial charge in [-0.05, 0) is 25.2 Å². The largest absolute Gasteiger partial charge is 0.379 e. The predicted molar refractivity (Wildman–Crippen MR) is 61.8 cm³/mol. The quantitative estimate of drug-likeness (QED) is 0.764. The highest BCUT2D eigenvalue weighted by atomic mass is 16.5. The molecule has 1 aliphatic carbocycles. The monoisotopic (exact) mass is 212 g/mol. The fourth-order valence-corrected chi connectivity index (χ4v) is 3.20. The minimum absolute atomic E-state index is 0.310. The van der Waals surface area contributed by atoms with Crippen LogP contribution in [0, 0.1) is 5.92 Å². The van der Waals surface area contributed by atoms with Gasteiger partial charge in [-0.2, -0.15) is 0 Å². The van der Waals surface area contributed by atoms with Gasteiger partial charge in [-0.15, -0.1) is 0 Å². The van der Waals surface area contributed by atoms with Crippen molar-refractivity contribution in [3.05, 3.63) is 0 Å². The van der Waals surface area contributed by atoms with E-state index in [1.807, 2.05) is 0 Å². The van der Waals surface area contributed by atoms with Crippen LogP contribution in [0.2, 0.25) is 0 Å². The molecule has 2 fully saturated rings. The van der Waals surface area contributed by atoms with E-state index in [0.29, 0.717) is 5.54 Å². The van der Waals surface area contributed by atoms with Gasteiger partial charge in [-0.25, -0.2) is 0 Å². The predicted octanol–water partition coefficient (Wildman–Crippen LogP) is 1.23. The van der Waals surface area contributed by atoms with Crippen molar-refractivity contribution in [2.24, 2.45) is 11.7 Å². The molecule has 15 heavy (non-hydrogen) atoms.